The van der Waals surface area contributed by atoms with Gasteiger partial charge in [0.1, 0.15) is 0 Å². The van der Waals surface area contributed by atoms with Crippen LogP contribution in [0.1, 0.15) is 6.42 Å². The van der Waals surface area contributed by atoms with Crippen LogP contribution in [0.4, 0.5) is 0 Å². The van der Waals surface area contributed by atoms with Crippen LogP contribution < -0.4 is 10.6 Å². The van der Waals surface area contributed by atoms with Gasteiger partial charge in [-0.15, -0.1) is 0 Å². The molecule has 0 amide bonds. The second kappa shape index (κ2) is 6.73. The molecule has 0 aliphatic heterocycles. The lowest BCUT2D eigenvalue weighted by molar-refractivity contribution is 1.09. The summed E-state index contributed by atoms with van der Waals surface area (Å²) in [5.41, 5.74) is 0. The summed E-state index contributed by atoms with van der Waals surface area (Å²) in [6.07, 6.45) is 2.64. The van der Waals surface area contributed by atoms with Gasteiger partial charge in [0.25, 0.3) is 0 Å². The Hall–Kier alpha value is -0.913. The van der Waals surface area contributed by atoms with Crippen LogP contribution in [0, 0.1) is 0 Å². The third-order valence-electron chi connectivity index (χ3n) is 2.77. The largest absolute Gasteiger partial charge is 0.0648 e. The predicted molar refractivity (Wildman–Crippen MR) is 81.9 cm³/mol. The highest BCUT2D eigenvalue weighted by Crippen LogP contribution is 2.34. The molecule has 0 aromatic heterocycles. The number of benzene rings is 2. The average molecular weight is 257 g/mol. The molecule has 0 N–H and O–H groups in total. The van der Waals surface area contributed by atoms with Crippen molar-refractivity contribution in [3.8, 4) is 0 Å². The van der Waals surface area contributed by atoms with E-state index < -0.39 is 0 Å². The van der Waals surface area contributed by atoms with Crippen molar-refractivity contribution in [3.05, 3.63) is 60.7 Å². The fourth-order valence-electron chi connectivity index (χ4n) is 1.89. The van der Waals surface area contributed by atoms with E-state index in [9.17, 15) is 0 Å². The zero-order valence-corrected chi connectivity index (χ0v) is 12.4. The normalized spacial score (nSPS) is 10.7. The van der Waals surface area contributed by atoms with E-state index in [0.717, 1.165) is 0 Å². The third-order valence-corrected chi connectivity index (χ3v) is 5.87. The van der Waals surface area contributed by atoms with Gasteiger partial charge in [-0.2, -0.15) is 0 Å². The van der Waals surface area contributed by atoms with E-state index in [1.807, 2.05) is 0 Å². The van der Waals surface area contributed by atoms with Gasteiger partial charge in [0.15, 0.2) is 0 Å². The van der Waals surface area contributed by atoms with Gasteiger partial charge in [0.05, 0.1) is 0 Å². The maximum absolute atomic E-state index is 2.27. The average Bonchev–Trinajstić information content (AvgIpc) is 2.42. The molecule has 0 fully saturated rings. The Bertz CT molecular complexity index is 388. The molecule has 0 spiro atoms. The van der Waals surface area contributed by atoms with Crippen LogP contribution in [0.5, 0.6) is 0 Å². The Kier molecular flexibility index (Phi) is 4.97. The van der Waals surface area contributed by atoms with Crippen LogP contribution >= 0.6 is 7.92 Å². The van der Waals surface area contributed by atoms with E-state index in [1.165, 1.54) is 29.2 Å². The minimum Gasteiger partial charge on any atom is -0.0648 e. The van der Waals surface area contributed by atoms with Crippen molar-refractivity contribution in [2.24, 2.45) is 0 Å². The van der Waals surface area contributed by atoms with Crippen LogP contribution in [-0.2, 0) is 0 Å². The molecule has 0 saturated heterocycles. The number of rotatable bonds is 5. The number of hydrogen-bond donors (Lipinski definition) is 0. The summed E-state index contributed by atoms with van der Waals surface area (Å²) in [4.78, 5) is 0. The molecular formula is C15H18PSi. The van der Waals surface area contributed by atoms with Crippen molar-refractivity contribution in [1.29, 1.82) is 0 Å². The van der Waals surface area contributed by atoms with Gasteiger partial charge in [0.2, 0.25) is 0 Å². The third kappa shape index (κ3) is 3.52. The van der Waals surface area contributed by atoms with Crippen molar-refractivity contribution in [2.45, 2.75) is 12.5 Å². The molecule has 0 aliphatic rings. The maximum atomic E-state index is 2.27. The quantitative estimate of drug-likeness (QED) is 0.570. The zero-order chi connectivity index (χ0) is 11.9. The van der Waals surface area contributed by atoms with Crippen LogP contribution in [0.25, 0.3) is 0 Å². The molecule has 2 aromatic rings. The van der Waals surface area contributed by atoms with E-state index in [-0.39, 0.29) is 7.92 Å². The Morgan fingerprint density at radius 1 is 0.765 bits per heavy atom. The molecule has 0 bridgehead atoms. The van der Waals surface area contributed by atoms with E-state index in [1.54, 1.807) is 0 Å². The van der Waals surface area contributed by atoms with E-state index >= 15 is 0 Å². The Morgan fingerprint density at radius 3 is 1.65 bits per heavy atom. The van der Waals surface area contributed by atoms with Gasteiger partial charge in [-0.3, -0.25) is 0 Å². The van der Waals surface area contributed by atoms with Gasteiger partial charge in [0, 0.05) is 10.2 Å². The molecule has 0 heterocycles. The standard InChI is InChI=1S/C15H18PSi/c17-13-7-12-16(14-8-3-1-4-9-14)15-10-5-2-6-11-15/h1-6,8-11H,7,12-13,17H2. The van der Waals surface area contributed by atoms with E-state index in [4.69, 9.17) is 0 Å². The van der Waals surface area contributed by atoms with Crippen molar-refractivity contribution in [2.75, 3.05) is 6.16 Å². The van der Waals surface area contributed by atoms with Crippen molar-refractivity contribution in [3.63, 3.8) is 0 Å². The highest BCUT2D eigenvalue weighted by atomic mass is 31.1. The molecule has 0 aliphatic carbocycles. The molecule has 2 aromatic carbocycles. The molecular weight excluding hydrogens is 239 g/mol. The van der Waals surface area contributed by atoms with Crippen LogP contribution in [-0.4, -0.2) is 16.4 Å². The molecule has 2 heteroatoms. The lowest BCUT2D eigenvalue weighted by Gasteiger charge is -2.18. The first-order chi connectivity index (χ1) is 8.42. The minimum atomic E-state index is -0.152. The van der Waals surface area contributed by atoms with Crippen molar-refractivity contribution in [1.82, 2.24) is 0 Å². The highest BCUT2D eigenvalue weighted by Gasteiger charge is 2.11. The van der Waals surface area contributed by atoms with Crippen LogP contribution in [0.15, 0.2) is 60.7 Å². The summed E-state index contributed by atoms with van der Waals surface area (Å²) in [5.74, 6) is 0. The summed E-state index contributed by atoms with van der Waals surface area (Å²) in [6, 6.07) is 23.2. The van der Waals surface area contributed by atoms with Gasteiger partial charge in [-0.05, 0) is 24.7 Å². The topological polar surface area (TPSA) is 0 Å². The molecule has 87 valence electrons. The molecule has 0 unspecified atom stereocenters. The summed E-state index contributed by atoms with van der Waals surface area (Å²) in [6.45, 7) is 0. The highest BCUT2D eigenvalue weighted by molar-refractivity contribution is 7.73. The zero-order valence-electron chi connectivity index (χ0n) is 10.0. The van der Waals surface area contributed by atoms with E-state index in [2.05, 4.69) is 70.9 Å². The molecule has 0 nitrogen and oxygen atoms in total. The first kappa shape index (κ1) is 12.5. The molecule has 1 radical (unpaired) electrons. The van der Waals surface area contributed by atoms with Gasteiger partial charge >= 0.3 is 0 Å². The lowest BCUT2D eigenvalue weighted by atomic mass is 10.4. The Morgan fingerprint density at radius 2 is 1.24 bits per heavy atom. The fraction of sp³-hybridized carbons (Fsp3) is 0.200. The van der Waals surface area contributed by atoms with Crippen LogP contribution in [0.3, 0.4) is 0 Å². The summed E-state index contributed by atoms with van der Waals surface area (Å²) >= 11 is 0. The SMILES string of the molecule is [SiH2]CCCP(c1ccccc1)c1ccccc1. The fourth-order valence-corrected chi connectivity index (χ4v) is 4.98. The monoisotopic (exact) mass is 257 g/mol. The smallest absolute Gasteiger partial charge is 0.00798 e. The van der Waals surface area contributed by atoms with E-state index in [0.29, 0.717) is 0 Å². The van der Waals surface area contributed by atoms with Gasteiger partial charge < -0.3 is 0 Å². The summed E-state index contributed by atoms with van der Waals surface area (Å²) in [7, 11) is 1.93. The minimum absolute atomic E-state index is 0.152. The van der Waals surface area contributed by atoms with Gasteiger partial charge in [-0.25, -0.2) is 0 Å². The van der Waals surface area contributed by atoms with Gasteiger partial charge in [-0.1, -0.05) is 73.1 Å². The summed E-state index contributed by atoms with van der Waals surface area (Å²) in [5, 5.41) is 3.01. The second-order valence-electron chi connectivity index (χ2n) is 4.03. The van der Waals surface area contributed by atoms with Crippen molar-refractivity contribution < 1.29 is 0 Å². The Balaban J connectivity index is 2.26. The molecule has 0 saturated carbocycles. The first-order valence-electron chi connectivity index (χ1n) is 6.08. The van der Waals surface area contributed by atoms with Crippen molar-refractivity contribution >= 4 is 28.8 Å². The number of hydrogen-bond acceptors (Lipinski definition) is 0. The maximum Gasteiger partial charge on any atom is 0.00798 e. The van der Waals surface area contributed by atoms with Crippen LogP contribution in [0.2, 0.25) is 6.04 Å². The lowest BCUT2D eigenvalue weighted by Crippen LogP contribution is -2.13. The molecule has 2 rings (SSSR count). The first-order valence-corrected chi connectivity index (χ1v) is 8.61. The molecule has 17 heavy (non-hydrogen) atoms. The summed E-state index contributed by atoms with van der Waals surface area (Å²) < 4.78 is 0. The second-order valence-corrected chi connectivity index (χ2v) is 7.07. The Labute approximate surface area is 108 Å². The molecule has 0 atom stereocenters. The predicted octanol–water partition coefficient (Wildman–Crippen LogP) is 2.56.